The van der Waals surface area contributed by atoms with Crippen molar-refractivity contribution in [1.29, 1.82) is 0 Å². The molecule has 0 bridgehead atoms. The summed E-state index contributed by atoms with van der Waals surface area (Å²) in [4.78, 5) is 14.9. The van der Waals surface area contributed by atoms with Crippen molar-refractivity contribution in [2.24, 2.45) is 0 Å². The predicted molar refractivity (Wildman–Crippen MR) is 124 cm³/mol. The lowest BCUT2D eigenvalue weighted by molar-refractivity contribution is 0.0935. The van der Waals surface area contributed by atoms with E-state index in [1.807, 2.05) is 52.0 Å². The highest BCUT2D eigenvalue weighted by Crippen LogP contribution is 2.30. The number of aromatic nitrogens is 2. The van der Waals surface area contributed by atoms with Gasteiger partial charge in [0.05, 0.1) is 17.9 Å². The molecule has 1 N–H and O–H groups in total. The number of benzene rings is 1. The molecule has 32 heavy (non-hydrogen) atoms. The third kappa shape index (κ3) is 5.07. The average Bonchev–Trinajstić information content (AvgIpc) is 3.25. The summed E-state index contributed by atoms with van der Waals surface area (Å²) in [5, 5.41) is 6.91. The molecule has 1 aliphatic heterocycles. The zero-order valence-corrected chi connectivity index (χ0v) is 20.1. The van der Waals surface area contributed by atoms with Gasteiger partial charge in [-0.05, 0) is 39.3 Å². The molecule has 0 saturated carbocycles. The zero-order chi connectivity index (χ0) is 23.3. The summed E-state index contributed by atoms with van der Waals surface area (Å²) in [6.07, 6.45) is 2.26. The molecule has 1 saturated heterocycles. The van der Waals surface area contributed by atoms with E-state index in [0.717, 1.165) is 17.9 Å². The van der Waals surface area contributed by atoms with Crippen LogP contribution in [0.25, 0.3) is 0 Å². The van der Waals surface area contributed by atoms with Gasteiger partial charge in [0.2, 0.25) is 5.03 Å². The van der Waals surface area contributed by atoms with Crippen LogP contribution in [0, 0.1) is 0 Å². The molecule has 1 aromatic heterocycles. The highest BCUT2D eigenvalue weighted by atomic mass is 32.2. The van der Waals surface area contributed by atoms with E-state index in [1.165, 1.54) is 15.2 Å². The van der Waals surface area contributed by atoms with Gasteiger partial charge in [-0.3, -0.25) is 9.48 Å². The maximum absolute atomic E-state index is 13.4. The number of aryl methyl sites for hydroxylation is 1. The first kappa shape index (κ1) is 24.1. The van der Waals surface area contributed by atoms with Gasteiger partial charge in [0.1, 0.15) is 5.75 Å². The SMILES string of the molecule is CCOc1ccccc1N1CCN(S(=O)(=O)c2nn(CC)cc2C(=O)N[C@@H](C)CC)CC1. The molecule has 2 aromatic rings. The standard InChI is InChI=1S/C22H33N5O4S/c1-5-17(4)23-21(28)18-16-26(6-2)24-22(18)32(29,30)27-14-12-25(13-15-27)19-10-8-9-11-20(19)31-7-3/h8-11,16-17H,5-7,12-15H2,1-4H3,(H,23,28)/t17-/m0/s1. The van der Waals surface area contributed by atoms with Crippen molar-refractivity contribution >= 4 is 21.6 Å². The van der Waals surface area contributed by atoms with Crippen LogP contribution in [0.5, 0.6) is 5.75 Å². The van der Waals surface area contributed by atoms with Crippen LogP contribution in [0.2, 0.25) is 0 Å². The Hall–Kier alpha value is -2.59. The molecule has 9 nitrogen and oxygen atoms in total. The highest BCUT2D eigenvalue weighted by Gasteiger charge is 2.35. The molecule has 0 spiro atoms. The molecule has 2 heterocycles. The van der Waals surface area contributed by atoms with Crippen LogP contribution < -0.4 is 15.0 Å². The molecule has 1 amide bonds. The molecular weight excluding hydrogens is 430 g/mol. The number of para-hydroxylation sites is 2. The lowest BCUT2D eigenvalue weighted by Crippen LogP contribution is -2.49. The summed E-state index contributed by atoms with van der Waals surface area (Å²) in [5.41, 5.74) is 1.05. The number of hydrogen-bond donors (Lipinski definition) is 1. The number of carbonyl (C=O) groups excluding carboxylic acids is 1. The Morgan fingerprint density at radius 1 is 1.16 bits per heavy atom. The minimum Gasteiger partial charge on any atom is -0.492 e. The summed E-state index contributed by atoms with van der Waals surface area (Å²) in [7, 11) is -3.91. The minimum atomic E-state index is -3.91. The maximum atomic E-state index is 13.4. The van der Waals surface area contributed by atoms with Crippen LogP contribution in [0.1, 0.15) is 44.5 Å². The number of amides is 1. The smallest absolute Gasteiger partial charge is 0.263 e. The molecule has 0 aliphatic carbocycles. The first-order valence-corrected chi connectivity index (χ1v) is 12.6. The fourth-order valence-electron chi connectivity index (χ4n) is 3.60. The summed E-state index contributed by atoms with van der Waals surface area (Å²) in [5.74, 6) is 0.374. The molecule has 1 aromatic carbocycles. The number of carbonyl (C=O) groups is 1. The topological polar surface area (TPSA) is 96.8 Å². The number of sulfonamides is 1. The van der Waals surface area contributed by atoms with Crippen molar-refractivity contribution < 1.29 is 17.9 Å². The molecular formula is C22H33N5O4S. The van der Waals surface area contributed by atoms with Crippen LogP contribution in [0.4, 0.5) is 5.69 Å². The third-order valence-corrected chi connectivity index (χ3v) is 7.45. The summed E-state index contributed by atoms with van der Waals surface area (Å²) < 4.78 is 35.5. The third-order valence-electron chi connectivity index (χ3n) is 5.61. The summed E-state index contributed by atoms with van der Waals surface area (Å²) in [6, 6.07) is 7.71. The first-order chi connectivity index (χ1) is 15.3. The van der Waals surface area contributed by atoms with Gasteiger partial charge in [0.15, 0.2) is 0 Å². The van der Waals surface area contributed by atoms with E-state index in [4.69, 9.17) is 4.74 Å². The van der Waals surface area contributed by atoms with Crippen molar-refractivity contribution in [1.82, 2.24) is 19.4 Å². The van der Waals surface area contributed by atoms with Crippen molar-refractivity contribution in [3.63, 3.8) is 0 Å². The van der Waals surface area contributed by atoms with E-state index in [2.05, 4.69) is 15.3 Å². The number of hydrogen-bond acceptors (Lipinski definition) is 6. The Bertz CT molecular complexity index is 1030. The predicted octanol–water partition coefficient (Wildman–Crippen LogP) is 2.34. The van der Waals surface area contributed by atoms with Gasteiger partial charge >= 0.3 is 0 Å². The monoisotopic (exact) mass is 463 g/mol. The van der Waals surface area contributed by atoms with Crippen LogP contribution >= 0.6 is 0 Å². The fourth-order valence-corrected chi connectivity index (χ4v) is 5.12. The molecule has 1 atom stereocenters. The Kier molecular flexibility index (Phi) is 7.78. The lowest BCUT2D eigenvalue weighted by atomic mass is 10.2. The van der Waals surface area contributed by atoms with Gasteiger partial charge in [-0.15, -0.1) is 0 Å². The van der Waals surface area contributed by atoms with E-state index in [-0.39, 0.29) is 16.6 Å². The molecule has 0 unspecified atom stereocenters. The normalized spacial score (nSPS) is 16.1. The van der Waals surface area contributed by atoms with Gasteiger partial charge in [0.25, 0.3) is 15.9 Å². The van der Waals surface area contributed by atoms with Crippen LogP contribution in [0.3, 0.4) is 0 Å². The van der Waals surface area contributed by atoms with E-state index in [9.17, 15) is 13.2 Å². The molecule has 176 valence electrons. The van der Waals surface area contributed by atoms with E-state index in [0.29, 0.717) is 39.3 Å². The van der Waals surface area contributed by atoms with Crippen molar-refractivity contribution in [2.75, 3.05) is 37.7 Å². The second-order valence-corrected chi connectivity index (χ2v) is 9.63. The van der Waals surface area contributed by atoms with Crippen molar-refractivity contribution in [3.8, 4) is 5.75 Å². The van der Waals surface area contributed by atoms with Gasteiger partial charge < -0.3 is 15.0 Å². The minimum absolute atomic E-state index is 0.0583. The highest BCUT2D eigenvalue weighted by molar-refractivity contribution is 7.89. The maximum Gasteiger partial charge on any atom is 0.263 e. The largest absolute Gasteiger partial charge is 0.492 e. The number of nitrogens with zero attached hydrogens (tertiary/aromatic N) is 4. The number of nitrogens with one attached hydrogen (secondary N) is 1. The molecule has 1 aliphatic rings. The second-order valence-electron chi connectivity index (χ2n) is 7.78. The Labute approximate surface area is 190 Å². The van der Waals surface area contributed by atoms with Gasteiger partial charge in [0, 0.05) is 45.0 Å². The molecule has 1 fully saturated rings. The lowest BCUT2D eigenvalue weighted by Gasteiger charge is -2.35. The number of rotatable bonds is 9. The van der Waals surface area contributed by atoms with Gasteiger partial charge in [-0.25, -0.2) is 8.42 Å². The average molecular weight is 464 g/mol. The summed E-state index contributed by atoms with van der Waals surface area (Å²) >= 11 is 0. The van der Waals surface area contributed by atoms with Crippen LogP contribution in [0.15, 0.2) is 35.5 Å². The van der Waals surface area contributed by atoms with Gasteiger partial charge in [-0.1, -0.05) is 19.1 Å². The van der Waals surface area contributed by atoms with E-state index in [1.54, 1.807) is 0 Å². The molecule has 0 radical (unpaired) electrons. The Morgan fingerprint density at radius 2 is 1.84 bits per heavy atom. The summed E-state index contributed by atoms with van der Waals surface area (Å²) in [6.45, 7) is 10.3. The quantitative estimate of drug-likeness (QED) is 0.613. The van der Waals surface area contributed by atoms with Crippen LogP contribution in [-0.4, -0.2) is 67.2 Å². The second kappa shape index (κ2) is 10.4. The van der Waals surface area contributed by atoms with Crippen molar-refractivity contribution in [2.45, 2.75) is 51.7 Å². The van der Waals surface area contributed by atoms with Gasteiger partial charge in [-0.2, -0.15) is 9.40 Å². The zero-order valence-electron chi connectivity index (χ0n) is 19.2. The number of ether oxygens (including phenoxy) is 1. The first-order valence-electron chi connectivity index (χ1n) is 11.2. The van der Waals surface area contributed by atoms with Crippen molar-refractivity contribution in [3.05, 3.63) is 36.0 Å². The number of piperazine rings is 1. The number of anilines is 1. The molecule has 3 rings (SSSR count). The van der Waals surface area contributed by atoms with E-state index >= 15 is 0 Å². The Balaban J connectivity index is 1.80. The fraction of sp³-hybridized carbons (Fsp3) is 0.545. The van der Waals surface area contributed by atoms with Crippen LogP contribution in [-0.2, 0) is 16.6 Å². The Morgan fingerprint density at radius 3 is 2.47 bits per heavy atom. The molecule has 10 heteroatoms. The van der Waals surface area contributed by atoms with E-state index < -0.39 is 15.9 Å².